The van der Waals surface area contributed by atoms with Crippen LogP contribution in [0.1, 0.15) is 60.0 Å². The topological polar surface area (TPSA) is 84.7 Å². The number of ether oxygens (including phenoxy) is 1. The summed E-state index contributed by atoms with van der Waals surface area (Å²) in [5.41, 5.74) is 2.34. The van der Waals surface area contributed by atoms with Gasteiger partial charge in [0.25, 0.3) is 11.8 Å². The van der Waals surface area contributed by atoms with Gasteiger partial charge in [-0.05, 0) is 43.7 Å². The normalized spacial score (nSPS) is 22.6. The molecule has 2 aromatic rings. The quantitative estimate of drug-likeness (QED) is 0.725. The van der Waals surface area contributed by atoms with Crippen LogP contribution in [0.5, 0.6) is 5.75 Å². The summed E-state index contributed by atoms with van der Waals surface area (Å²) in [7, 11) is 0. The second kappa shape index (κ2) is 9.59. The lowest BCUT2D eigenvalue weighted by atomic mass is 9.88. The second-order valence-electron chi connectivity index (χ2n) is 8.94. The highest BCUT2D eigenvalue weighted by molar-refractivity contribution is 5.96. The lowest BCUT2D eigenvalue weighted by Gasteiger charge is -2.38. The number of aromatic nitrogens is 1. The van der Waals surface area contributed by atoms with Crippen LogP contribution in [-0.4, -0.2) is 47.6 Å². The molecule has 1 fully saturated rings. The molecule has 32 heavy (non-hydrogen) atoms. The number of nitrogens with one attached hydrogen (secondary N) is 1. The number of likely N-dealkylation sites (tertiary alicyclic amines) is 1. The molecule has 2 aliphatic rings. The molecule has 3 heterocycles. The number of benzene rings is 1. The van der Waals surface area contributed by atoms with E-state index in [1.807, 2.05) is 43.0 Å². The monoisotopic (exact) mass is 437 g/mol. The summed E-state index contributed by atoms with van der Waals surface area (Å²) in [6.07, 6.45) is 6.53. The minimum absolute atomic E-state index is 0.00242. The minimum Gasteiger partial charge on any atom is -0.483 e. The van der Waals surface area contributed by atoms with Crippen LogP contribution < -0.4 is 10.1 Å². The van der Waals surface area contributed by atoms with Gasteiger partial charge in [-0.3, -0.25) is 9.59 Å². The fraction of sp³-hybridized carbons (Fsp3) is 0.480. The largest absolute Gasteiger partial charge is 0.483 e. The number of hydrogen-bond donors (Lipinski definition) is 1. The van der Waals surface area contributed by atoms with Crippen molar-refractivity contribution in [3.8, 4) is 5.75 Å². The molecule has 4 rings (SSSR count). The van der Waals surface area contributed by atoms with Crippen molar-refractivity contribution in [1.29, 1.82) is 0 Å². The molecule has 0 aliphatic carbocycles. The van der Waals surface area contributed by atoms with Crippen molar-refractivity contribution in [2.24, 2.45) is 5.92 Å². The average molecular weight is 438 g/mol. The highest BCUT2D eigenvalue weighted by atomic mass is 16.5. The SMILES string of the molecule is Cc1onc(C(C)C)c1C(=O)N1CC[C@H]2NC(=O)COc3ccccc3C/C=C/C[C@H]2C1. The van der Waals surface area contributed by atoms with Crippen LogP contribution in [0.3, 0.4) is 0 Å². The maximum absolute atomic E-state index is 13.4. The van der Waals surface area contributed by atoms with Crippen molar-refractivity contribution >= 4 is 11.8 Å². The number of rotatable bonds is 2. The van der Waals surface area contributed by atoms with E-state index in [9.17, 15) is 9.59 Å². The van der Waals surface area contributed by atoms with Gasteiger partial charge in [0, 0.05) is 25.0 Å². The summed E-state index contributed by atoms with van der Waals surface area (Å²) >= 11 is 0. The Balaban J connectivity index is 1.52. The third-order valence-electron chi connectivity index (χ3n) is 6.29. The zero-order valence-electron chi connectivity index (χ0n) is 19.0. The first-order chi connectivity index (χ1) is 15.4. The molecule has 2 aliphatic heterocycles. The zero-order chi connectivity index (χ0) is 22.7. The number of para-hydroxylation sites is 1. The first-order valence-corrected chi connectivity index (χ1v) is 11.3. The summed E-state index contributed by atoms with van der Waals surface area (Å²) in [5, 5.41) is 7.24. The van der Waals surface area contributed by atoms with Crippen LogP contribution in [0.4, 0.5) is 0 Å². The summed E-state index contributed by atoms with van der Waals surface area (Å²) < 4.78 is 11.1. The maximum atomic E-state index is 13.4. The van der Waals surface area contributed by atoms with Gasteiger partial charge in [0.2, 0.25) is 0 Å². The van der Waals surface area contributed by atoms with E-state index in [-0.39, 0.29) is 36.3 Å². The van der Waals surface area contributed by atoms with E-state index < -0.39 is 0 Å². The average Bonchev–Trinajstić information content (AvgIpc) is 3.17. The van der Waals surface area contributed by atoms with Gasteiger partial charge in [0.1, 0.15) is 17.1 Å². The van der Waals surface area contributed by atoms with Gasteiger partial charge >= 0.3 is 0 Å². The first kappa shape index (κ1) is 22.1. The summed E-state index contributed by atoms with van der Waals surface area (Å²) in [4.78, 5) is 27.8. The van der Waals surface area contributed by atoms with E-state index in [4.69, 9.17) is 9.26 Å². The Morgan fingerprint density at radius 2 is 2.06 bits per heavy atom. The van der Waals surface area contributed by atoms with Crippen LogP contribution in [-0.2, 0) is 11.2 Å². The number of fused-ring (bicyclic) bond motifs is 2. The molecule has 0 unspecified atom stereocenters. The Kier molecular flexibility index (Phi) is 6.63. The van der Waals surface area contributed by atoms with Crippen LogP contribution in [0, 0.1) is 12.8 Å². The number of hydrogen-bond acceptors (Lipinski definition) is 5. The molecule has 1 aromatic heterocycles. The van der Waals surface area contributed by atoms with Crippen LogP contribution in [0.25, 0.3) is 0 Å². The lowest BCUT2D eigenvalue weighted by molar-refractivity contribution is -0.124. The Labute approximate surface area is 188 Å². The Morgan fingerprint density at radius 1 is 1.25 bits per heavy atom. The molecule has 2 amide bonds. The van der Waals surface area contributed by atoms with E-state index in [2.05, 4.69) is 22.6 Å². The molecule has 0 spiro atoms. The Bertz CT molecular complexity index is 1010. The third kappa shape index (κ3) is 4.71. The highest BCUT2D eigenvalue weighted by Gasteiger charge is 2.35. The van der Waals surface area contributed by atoms with E-state index in [1.54, 1.807) is 6.92 Å². The van der Waals surface area contributed by atoms with Gasteiger partial charge in [-0.15, -0.1) is 0 Å². The van der Waals surface area contributed by atoms with Gasteiger partial charge in [-0.2, -0.15) is 0 Å². The number of carbonyl (C=O) groups excluding carboxylic acids is 2. The zero-order valence-corrected chi connectivity index (χ0v) is 19.0. The minimum atomic E-state index is -0.129. The van der Waals surface area contributed by atoms with E-state index >= 15 is 0 Å². The molecule has 0 radical (unpaired) electrons. The summed E-state index contributed by atoms with van der Waals surface area (Å²) in [5.74, 6) is 1.37. The molecule has 0 saturated carbocycles. The van der Waals surface area contributed by atoms with E-state index in [0.717, 1.165) is 24.2 Å². The van der Waals surface area contributed by atoms with Gasteiger partial charge < -0.3 is 19.5 Å². The Hall–Kier alpha value is -3.09. The lowest BCUT2D eigenvalue weighted by Crippen LogP contribution is -2.53. The Morgan fingerprint density at radius 3 is 2.88 bits per heavy atom. The van der Waals surface area contributed by atoms with Gasteiger partial charge in [0.05, 0.1) is 5.69 Å². The number of piperidine rings is 1. The predicted molar refractivity (Wildman–Crippen MR) is 121 cm³/mol. The molecule has 1 saturated heterocycles. The molecule has 1 N–H and O–H groups in total. The fourth-order valence-electron chi connectivity index (χ4n) is 4.53. The van der Waals surface area contributed by atoms with Crippen molar-refractivity contribution in [2.75, 3.05) is 19.7 Å². The number of allylic oxidation sites excluding steroid dienone is 2. The van der Waals surface area contributed by atoms with Gasteiger partial charge in [-0.25, -0.2) is 0 Å². The molecule has 7 nitrogen and oxygen atoms in total. The fourth-order valence-corrected chi connectivity index (χ4v) is 4.53. The smallest absolute Gasteiger partial charge is 0.259 e. The van der Waals surface area contributed by atoms with Gasteiger partial charge in [-0.1, -0.05) is 49.4 Å². The molecule has 170 valence electrons. The molecule has 0 bridgehead atoms. The molecule has 7 heteroatoms. The first-order valence-electron chi connectivity index (χ1n) is 11.3. The van der Waals surface area contributed by atoms with Gasteiger partial charge in [0.15, 0.2) is 6.61 Å². The van der Waals surface area contributed by atoms with Crippen LogP contribution >= 0.6 is 0 Å². The summed E-state index contributed by atoms with van der Waals surface area (Å²) in [6.45, 7) is 6.95. The van der Waals surface area contributed by atoms with Crippen molar-refractivity contribution in [3.63, 3.8) is 0 Å². The second-order valence-corrected chi connectivity index (χ2v) is 8.94. The predicted octanol–water partition coefficient (Wildman–Crippen LogP) is 3.63. The summed E-state index contributed by atoms with van der Waals surface area (Å²) in [6, 6.07) is 7.80. The highest BCUT2D eigenvalue weighted by Crippen LogP contribution is 2.28. The standard InChI is InChI=1S/C25H31N3O4/c1-16(2)24-23(17(3)32-27-24)25(30)28-13-12-20-19(14-28)10-5-4-8-18-9-6-7-11-21(18)31-15-22(29)26-20/h4-7,9,11,16,19-20H,8,10,12-15H2,1-3H3,(H,26,29)/b5-4+/t19-,20+/m0/s1. The third-order valence-corrected chi connectivity index (χ3v) is 6.29. The van der Waals surface area contributed by atoms with E-state index in [1.165, 1.54) is 0 Å². The van der Waals surface area contributed by atoms with Crippen molar-refractivity contribution in [1.82, 2.24) is 15.4 Å². The molecular formula is C25H31N3O4. The van der Waals surface area contributed by atoms with Crippen molar-refractivity contribution < 1.29 is 18.8 Å². The molecule has 2 atom stereocenters. The number of nitrogens with zero attached hydrogens (tertiary/aromatic N) is 2. The van der Waals surface area contributed by atoms with Crippen LogP contribution in [0.15, 0.2) is 40.9 Å². The van der Waals surface area contributed by atoms with Crippen molar-refractivity contribution in [2.45, 2.75) is 52.0 Å². The van der Waals surface area contributed by atoms with E-state index in [0.29, 0.717) is 36.5 Å². The van der Waals surface area contributed by atoms with Crippen molar-refractivity contribution in [3.05, 3.63) is 59.0 Å². The molecule has 1 aromatic carbocycles. The maximum Gasteiger partial charge on any atom is 0.259 e. The number of carbonyl (C=O) groups is 2. The molecular weight excluding hydrogens is 406 g/mol. The number of amides is 2. The van der Waals surface area contributed by atoms with Crippen LogP contribution in [0.2, 0.25) is 0 Å². The number of aryl methyl sites for hydroxylation is 1.